The highest BCUT2D eigenvalue weighted by Crippen LogP contribution is 2.49. The summed E-state index contributed by atoms with van der Waals surface area (Å²) in [5, 5.41) is 0.0816. The number of nitrogens with zero attached hydrogens (tertiary/aromatic N) is 2. The normalized spacial score (nSPS) is 22.8. The minimum atomic E-state index is -4.38. The van der Waals surface area contributed by atoms with Gasteiger partial charge in [-0.1, -0.05) is 36.4 Å². The molecule has 2 aromatic carbocycles. The van der Waals surface area contributed by atoms with Crippen molar-refractivity contribution in [3.8, 4) is 0 Å². The van der Waals surface area contributed by atoms with Crippen molar-refractivity contribution in [1.29, 1.82) is 0 Å². The summed E-state index contributed by atoms with van der Waals surface area (Å²) in [6.45, 7) is 4.12. The van der Waals surface area contributed by atoms with Crippen LogP contribution in [-0.2, 0) is 15.7 Å². The van der Waals surface area contributed by atoms with Crippen LogP contribution in [0, 0.1) is 0 Å². The summed E-state index contributed by atoms with van der Waals surface area (Å²) < 4.78 is 18.4. The van der Waals surface area contributed by atoms with E-state index in [1.54, 1.807) is 6.07 Å². The van der Waals surface area contributed by atoms with Crippen LogP contribution in [0.5, 0.6) is 0 Å². The lowest BCUT2D eigenvalue weighted by Gasteiger charge is -2.35. The van der Waals surface area contributed by atoms with Gasteiger partial charge < -0.3 is 24.3 Å². The number of ether oxygens (including phenoxy) is 1. The largest absolute Gasteiger partial charge is 0.378 e. The van der Waals surface area contributed by atoms with Gasteiger partial charge in [0.1, 0.15) is 12.3 Å². The Labute approximate surface area is 171 Å². The topological polar surface area (TPSA) is 73.2 Å². The number of hydrogen-bond donors (Lipinski definition) is 2. The monoisotopic (exact) mass is 414 g/mol. The summed E-state index contributed by atoms with van der Waals surface area (Å²) in [5.41, 5.74) is 3.33. The second kappa shape index (κ2) is 6.99. The van der Waals surface area contributed by atoms with Crippen LogP contribution in [-0.4, -0.2) is 41.8 Å². The molecule has 1 fully saturated rings. The molecule has 2 heterocycles. The van der Waals surface area contributed by atoms with E-state index >= 15 is 0 Å². The van der Waals surface area contributed by atoms with E-state index in [1.807, 2.05) is 37.2 Å². The van der Waals surface area contributed by atoms with E-state index in [1.165, 1.54) is 6.07 Å². The number of fused-ring (bicyclic) bond motifs is 3. The molecule has 154 valence electrons. The summed E-state index contributed by atoms with van der Waals surface area (Å²) in [6, 6.07) is 13.4. The first-order valence-corrected chi connectivity index (χ1v) is 11.3. The lowest BCUT2D eigenvalue weighted by Crippen LogP contribution is -2.47. The molecule has 2 atom stereocenters. The van der Waals surface area contributed by atoms with Gasteiger partial charge in [0.15, 0.2) is 0 Å². The molecular weight excluding hydrogens is 387 g/mol. The molecule has 6 nitrogen and oxygen atoms in total. The van der Waals surface area contributed by atoms with Crippen LogP contribution in [0.4, 0.5) is 11.4 Å². The van der Waals surface area contributed by atoms with Crippen LogP contribution in [0.15, 0.2) is 48.5 Å². The van der Waals surface area contributed by atoms with Gasteiger partial charge in [0.25, 0.3) is 0 Å². The van der Waals surface area contributed by atoms with Crippen molar-refractivity contribution >= 4 is 30.4 Å². The van der Waals surface area contributed by atoms with Crippen molar-refractivity contribution in [2.24, 2.45) is 0 Å². The maximum absolute atomic E-state index is 12.1. The van der Waals surface area contributed by atoms with E-state index in [0.29, 0.717) is 12.1 Å². The first-order chi connectivity index (χ1) is 13.6. The highest BCUT2D eigenvalue weighted by Gasteiger charge is 2.52. The van der Waals surface area contributed by atoms with E-state index in [2.05, 4.69) is 43.0 Å². The zero-order valence-electron chi connectivity index (χ0n) is 17.1. The molecule has 29 heavy (non-hydrogen) atoms. The quantitative estimate of drug-likeness (QED) is 0.749. The molecule has 2 N–H and O–H groups in total. The zero-order chi connectivity index (χ0) is 21.0. The Morgan fingerprint density at radius 1 is 1.17 bits per heavy atom. The third-order valence-corrected chi connectivity index (χ3v) is 6.82. The number of anilines is 2. The molecule has 0 amide bonds. The lowest BCUT2D eigenvalue weighted by molar-refractivity contribution is 0.0653. The predicted molar refractivity (Wildman–Crippen MR) is 117 cm³/mol. The molecule has 7 heteroatoms. The molecule has 0 saturated carbocycles. The minimum Gasteiger partial charge on any atom is -0.378 e. The van der Waals surface area contributed by atoms with Gasteiger partial charge in [-0.05, 0) is 43.2 Å². The molecule has 2 aromatic rings. The van der Waals surface area contributed by atoms with Crippen LogP contribution in [0.25, 0.3) is 6.08 Å². The number of hydrogen-bond acceptors (Lipinski definition) is 4. The Balaban J connectivity index is 1.63. The van der Waals surface area contributed by atoms with E-state index in [4.69, 9.17) is 4.74 Å². The maximum atomic E-state index is 12.1. The molecular formula is C22H27N2O4P. The zero-order valence-corrected chi connectivity index (χ0v) is 18.0. The van der Waals surface area contributed by atoms with Gasteiger partial charge in [-0.15, -0.1) is 0 Å². The van der Waals surface area contributed by atoms with Crippen LogP contribution in [0.2, 0.25) is 0 Å². The molecule has 0 bridgehead atoms. The van der Waals surface area contributed by atoms with Gasteiger partial charge in [0, 0.05) is 26.2 Å². The second-order valence-electron chi connectivity index (χ2n) is 8.41. The van der Waals surface area contributed by atoms with Crippen molar-refractivity contribution in [3.63, 3.8) is 0 Å². The molecule has 2 aliphatic rings. The van der Waals surface area contributed by atoms with Gasteiger partial charge in [0.05, 0.1) is 16.5 Å². The Morgan fingerprint density at radius 3 is 2.48 bits per heavy atom. The summed E-state index contributed by atoms with van der Waals surface area (Å²) in [5.74, 6) is 0. The Hall–Kier alpha value is -2.11. The standard InChI is InChI=1S/C22H27N2O4P/c1-22(2)19(13-10-15-8-11-17(12-9-15)23(3)4)28-20-14-16-6-5-7-18(29(25,26)27)21(16)24(20)22/h5-13,19-20H,14H2,1-4H3,(H2,25,26,27). The fourth-order valence-electron chi connectivity index (χ4n) is 4.28. The third kappa shape index (κ3) is 3.51. The van der Waals surface area contributed by atoms with E-state index in [9.17, 15) is 14.4 Å². The van der Waals surface area contributed by atoms with Crippen LogP contribution in [0.3, 0.4) is 0 Å². The van der Waals surface area contributed by atoms with Gasteiger partial charge in [-0.3, -0.25) is 4.57 Å². The fourth-order valence-corrected chi connectivity index (χ4v) is 5.09. The van der Waals surface area contributed by atoms with Crippen molar-refractivity contribution in [3.05, 3.63) is 59.7 Å². The van der Waals surface area contributed by atoms with E-state index < -0.39 is 13.1 Å². The third-order valence-electron chi connectivity index (χ3n) is 5.83. The number of rotatable bonds is 4. The summed E-state index contributed by atoms with van der Waals surface area (Å²) >= 11 is 0. The smallest absolute Gasteiger partial charge is 0.358 e. The summed E-state index contributed by atoms with van der Waals surface area (Å²) in [7, 11) is -0.359. The Bertz CT molecular complexity index is 994. The van der Waals surface area contributed by atoms with Crippen LogP contribution >= 0.6 is 7.60 Å². The maximum Gasteiger partial charge on any atom is 0.358 e. The Morgan fingerprint density at radius 2 is 1.86 bits per heavy atom. The lowest BCUT2D eigenvalue weighted by atomic mass is 9.95. The minimum absolute atomic E-state index is 0.0816. The molecule has 2 unspecified atom stereocenters. The predicted octanol–water partition coefficient (Wildman–Crippen LogP) is 3.14. The molecule has 0 spiro atoms. The first kappa shape index (κ1) is 20.2. The van der Waals surface area contributed by atoms with Crippen molar-refractivity contribution < 1.29 is 19.1 Å². The van der Waals surface area contributed by atoms with Crippen molar-refractivity contribution in [2.45, 2.75) is 38.1 Å². The molecule has 4 rings (SSSR count). The average Bonchev–Trinajstić information content (AvgIpc) is 3.13. The van der Waals surface area contributed by atoms with E-state index in [0.717, 1.165) is 16.8 Å². The average molecular weight is 414 g/mol. The van der Waals surface area contributed by atoms with E-state index in [-0.39, 0.29) is 17.6 Å². The number of benzene rings is 2. The van der Waals surface area contributed by atoms with Crippen LogP contribution < -0.4 is 15.1 Å². The molecule has 1 saturated heterocycles. The molecule has 0 aliphatic carbocycles. The molecule has 0 radical (unpaired) electrons. The SMILES string of the molecule is CN(C)c1ccc(C=CC2OC3Cc4cccc(P(=O)(O)O)c4N3C2(C)C)cc1. The summed E-state index contributed by atoms with van der Waals surface area (Å²) in [6.07, 6.45) is 4.29. The molecule has 0 aromatic heterocycles. The van der Waals surface area contributed by atoms with Gasteiger partial charge in [-0.2, -0.15) is 0 Å². The number of para-hydroxylation sites is 1. The second-order valence-corrected chi connectivity index (χ2v) is 9.98. The Kier molecular flexibility index (Phi) is 4.87. The fraction of sp³-hybridized carbons (Fsp3) is 0.364. The van der Waals surface area contributed by atoms with Crippen molar-refractivity contribution in [1.82, 2.24) is 0 Å². The van der Waals surface area contributed by atoms with Gasteiger partial charge in [0.2, 0.25) is 0 Å². The highest BCUT2D eigenvalue weighted by molar-refractivity contribution is 7.60. The first-order valence-electron chi connectivity index (χ1n) is 9.67. The van der Waals surface area contributed by atoms with Gasteiger partial charge >= 0.3 is 7.60 Å². The highest BCUT2D eigenvalue weighted by atomic mass is 31.2. The van der Waals surface area contributed by atoms with Gasteiger partial charge in [-0.25, -0.2) is 0 Å². The summed E-state index contributed by atoms with van der Waals surface area (Å²) in [4.78, 5) is 23.8. The molecule has 2 aliphatic heterocycles. The van der Waals surface area contributed by atoms with Crippen molar-refractivity contribution in [2.75, 3.05) is 23.9 Å². The van der Waals surface area contributed by atoms with Crippen LogP contribution in [0.1, 0.15) is 25.0 Å².